The maximum atomic E-state index is 12.2. The van der Waals surface area contributed by atoms with Gasteiger partial charge in [-0.15, -0.1) is 13.2 Å². The second-order valence-electron chi connectivity index (χ2n) is 1.80. The molecule has 54 valence electrons. The quantitative estimate of drug-likeness (QED) is 0.483. The summed E-state index contributed by atoms with van der Waals surface area (Å²) in [6.07, 6.45) is 0. The Hall–Kier alpha value is -1.11. The van der Waals surface area contributed by atoms with E-state index >= 15 is 0 Å². The highest BCUT2D eigenvalue weighted by atomic mass is 19.1. The van der Waals surface area contributed by atoms with E-state index in [2.05, 4.69) is 13.2 Å². The van der Waals surface area contributed by atoms with Crippen LogP contribution >= 0.6 is 0 Å². The average molecular weight is 138 g/mol. The first-order valence-electron chi connectivity index (χ1n) is 3.01. The van der Waals surface area contributed by atoms with Crippen LogP contribution in [0.25, 0.3) is 0 Å². The lowest BCUT2D eigenvalue weighted by Gasteiger charge is -1.87. The van der Waals surface area contributed by atoms with Gasteiger partial charge in [0, 0.05) is 0 Å². The van der Waals surface area contributed by atoms with E-state index in [1.54, 1.807) is 6.07 Å². The van der Waals surface area contributed by atoms with Crippen molar-refractivity contribution in [1.29, 1.82) is 0 Å². The minimum Gasteiger partial charge on any atom is -0.207 e. The Morgan fingerprint density at radius 3 is 2.20 bits per heavy atom. The van der Waals surface area contributed by atoms with Crippen molar-refractivity contribution in [3.05, 3.63) is 48.8 Å². The topological polar surface area (TPSA) is 0 Å². The third-order valence-electron chi connectivity index (χ3n) is 0.980. The first kappa shape index (κ1) is 8.89. The lowest BCUT2D eigenvalue weighted by molar-refractivity contribution is 0.626. The molecule has 0 saturated carbocycles. The van der Waals surface area contributed by atoms with Crippen LogP contribution in [0.1, 0.15) is 5.56 Å². The number of benzene rings is 1. The van der Waals surface area contributed by atoms with Gasteiger partial charge in [-0.3, -0.25) is 0 Å². The summed E-state index contributed by atoms with van der Waals surface area (Å²) in [5.41, 5.74) is 0.963. The first-order chi connectivity index (χ1) is 4.79. The minimum absolute atomic E-state index is 0.162. The SMILES string of the molecule is C=C.Cc1cccc(F)c1. The molecule has 0 spiro atoms. The molecular formula is C9H11F. The summed E-state index contributed by atoms with van der Waals surface area (Å²) in [6.45, 7) is 7.86. The van der Waals surface area contributed by atoms with Crippen LogP contribution in [0.2, 0.25) is 0 Å². The van der Waals surface area contributed by atoms with E-state index in [-0.39, 0.29) is 5.82 Å². The summed E-state index contributed by atoms with van der Waals surface area (Å²) in [4.78, 5) is 0. The number of rotatable bonds is 0. The van der Waals surface area contributed by atoms with Crippen LogP contribution in [0.5, 0.6) is 0 Å². The van der Waals surface area contributed by atoms with Crippen LogP contribution in [0.4, 0.5) is 4.39 Å². The standard InChI is InChI=1S/C7H7F.C2H4/c1-6-3-2-4-7(8)5-6;1-2/h2-5H,1H3;1-2H2. The van der Waals surface area contributed by atoms with Crippen LogP contribution in [-0.2, 0) is 0 Å². The Morgan fingerprint density at radius 1 is 1.30 bits per heavy atom. The van der Waals surface area contributed by atoms with Crippen molar-refractivity contribution in [2.75, 3.05) is 0 Å². The molecule has 1 aromatic rings. The Balaban J connectivity index is 0.000000371. The zero-order valence-electron chi connectivity index (χ0n) is 6.10. The molecule has 1 rings (SSSR count). The van der Waals surface area contributed by atoms with Crippen molar-refractivity contribution in [3.8, 4) is 0 Å². The second kappa shape index (κ2) is 4.74. The normalized spacial score (nSPS) is 7.80. The summed E-state index contributed by atoms with van der Waals surface area (Å²) in [7, 11) is 0. The fourth-order valence-corrected chi connectivity index (χ4v) is 0.606. The Labute approximate surface area is 61.0 Å². The Bertz CT molecular complexity index is 176. The highest BCUT2D eigenvalue weighted by Crippen LogP contribution is 1.99. The van der Waals surface area contributed by atoms with E-state index in [0.29, 0.717) is 0 Å². The van der Waals surface area contributed by atoms with Crippen molar-refractivity contribution in [2.24, 2.45) is 0 Å². The molecule has 10 heavy (non-hydrogen) atoms. The van der Waals surface area contributed by atoms with Gasteiger partial charge in [0.2, 0.25) is 0 Å². The number of halogens is 1. The molecule has 0 radical (unpaired) electrons. The van der Waals surface area contributed by atoms with Crippen molar-refractivity contribution < 1.29 is 4.39 Å². The first-order valence-corrected chi connectivity index (χ1v) is 3.01. The van der Waals surface area contributed by atoms with Gasteiger partial charge in [0.15, 0.2) is 0 Å². The fraction of sp³-hybridized carbons (Fsp3) is 0.111. The molecule has 0 N–H and O–H groups in total. The van der Waals surface area contributed by atoms with E-state index in [1.807, 2.05) is 13.0 Å². The largest absolute Gasteiger partial charge is 0.207 e. The zero-order valence-corrected chi connectivity index (χ0v) is 6.10. The highest BCUT2D eigenvalue weighted by molar-refractivity contribution is 5.13. The fourth-order valence-electron chi connectivity index (χ4n) is 0.606. The van der Waals surface area contributed by atoms with Crippen LogP contribution in [-0.4, -0.2) is 0 Å². The van der Waals surface area contributed by atoms with Gasteiger partial charge in [0.05, 0.1) is 0 Å². The lowest BCUT2D eigenvalue weighted by Crippen LogP contribution is -1.72. The summed E-state index contributed by atoms with van der Waals surface area (Å²) >= 11 is 0. The van der Waals surface area contributed by atoms with Gasteiger partial charge in [0.25, 0.3) is 0 Å². The zero-order chi connectivity index (χ0) is 7.98. The highest BCUT2D eigenvalue weighted by Gasteiger charge is 1.84. The molecule has 0 saturated heterocycles. The molecule has 1 heteroatoms. The van der Waals surface area contributed by atoms with Gasteiger partial charge in [-0.25, -0.2) is 4.39 Å². The number of hydrogen-bond acceptors (Lipinski definition) is 0. The molecule has 0 aliphatic heterocycles. The van der Waals surface area contributed by atoms with Crippen LogP contribution < -0.4 is 0 Å². The van der Waals surface area contributed by atoms with Crippen LogP contribution in [0, 0.1) is 12.7 Å². The van der Waals surface area contributed by atoms with Gasteiger partial charge in [0.1, 0.15) is 5.82 Å². The van der Waals surface area contributed by atoms with Gasteiger partial charge in [-0.05, 0) is 24.6 Å². The van der Waals surface area contributed by atoms with E-state index < -0.39 is 0 Å². The molecule has 0 unspecified atom stereocenters. The van der Waals surface area contributed by atoms with Crippen molar-refractivity contribution in [3.63, 3.8) is 0 Å². The predicted octanol–water partition coefficient (Wildman–Crippen LogP) is 2.94. The maximum Gasteiger partial charge on any atom is 0.123 e. The van der Waals surface area contributed by atoms with Gasteiger partial charge >= 0.3 is 0 Å². The predicted molar refractivity (Wildman–Crippen MR) is 42.4 cm³/mol. The summed E-state index contributed by atoms with van der Waals surface area (Å²) in [5, 5.41) is 0. The van der Waals surface area contributed by atoms with E-state index in [1.165, 1.54) is 12.1 Å². The summed E-state index contributed by atoms with van der Waals surface area (Å²) in [5.74, 6) is -0.162. The number of aryl methyl sites for hydroxylation is 1. The molecule has 0 aromatic heterocycles. The molecule has 0 fully saturated rings. The average Bonchev–Trinajstić information content (AvgIpc) is 1.91. The van der Waals surface area contributed by atoms with E-state index in [4.69, 9.17) is 0 Å². The van der Waals surface area contributed by atoms with Gasteiger partial charge in [-0.1, -0.05) is 12.1 Å². The molecule has 0 atom stereocenters. The van der Waals surface area contributed by atoms with Crippen molar-refractivity contribution >= 4 is 0 Å². The lowest BCUT2D eigenvalue weighted by atomic mass is 10.2. The second-order valence-corrected chi connectivity index (χ2v) is 1.80. The molecule has 1 aromatic carbocycles. The maximum absolute atomic E-state index is 12.2. The molecule has 0 aliphatic carbocycles. The molecule has 0 nitrogen and oxygen atoms in total. The minimum atomic E-state index is -0.162. The van der Waals surface area contributed by atoms with Crippen LogP contribution in [0.15, 0.2) is 37.4 Å². The van der Waals surface area contributed by atoms with Gasteiger partial charge < -0.3 is 0 Å². The summed E-state index contributed by atoms with van der Waals surface area (Å²) in [6, 6.07) is 6.50. The Morgan fingerprint density at radius 2 is 1.90 bits per heavy atom. The molecule has 0 aliphatic rings. The molecule has 0 bridgehead atoms. The van der Waals surface area contributed by atoms with Crippen molar-refractivity contribution in [1.82, 2.24) is 0 Å². The Kier molecular flexibility index (Phi) is 4.21. The third-order valence-corrected chi connectivity index (χ3v) is 0.980. The monoisotopic (exact) mass is 138 g/mol. The number of hydrogen-bond donors (Lipinski definition) is 0. The van der Waals surface area contributed by atoms with Gasteiger partial charge in [-0.2, -0.15) is 0 Å². The van der Waals surface area contributed by atoms with Crippen LogP contribution in [0.3, 0.4) is 0 Å². The smallest absolute Gasteiger partial charge is 0.123 e. The third kappa shape index (κ3) is 3.02. The van der Waals surface area contributed by atoms with E-state index in [0.717, 1.165) is 5.56 Å². The summed E-state index contributed by atoms with van der Waals surface area (Å²) < 4.78 is 12.2. The van der Waals surface area contributed by atoms with Crippen molar-refractivity contribution in [2.45, 2.75) is 6.92 Å². The van der Waals surface area contributed by atoms with E-state index in [9.17, 15) is 4.39 Å². The molecular weight excluding hydrogens is 127 g/mol. The molecule has 0 amide bonds. The molecule has 0 heterocycles.